The maximum atomic E-state index is 11.9. The number of hydrogen-bond donors (Lipinski definition) is 2. The third kappa shape index (κ3) is 3.98. The van der Waals surface area contributed by atoms with E-state index in [1.807, 2.05) is 0 Å². The van der Waals surface area contributed by atoms with Crippen LogP contribution in [0.25, 0.3) is 0 Å². The van der Waals surface area contributed by atoms with Crippen LogP contribution in [0.2, 0.25) is 0 Å². The zero-order valence-electron chi connectivity index (χ0n) is 10.2. The number of nitrogens with zero attached hydrogens (tertiary/aromatic N) is 1. The van der Waals surface area contributed by atoms with Crippen molar-refractivity contribution in [1.82, 2.24) is 4.90 Å². The fourth-order valence-electron chi connectivity index (χ4n) is 1.99. The van der Waals surface area contributed by atoms with Gasteiger partial charge in [-0.2, -0.15) is 0 Å². The maximum absolute atomic E-state index is 11.9. The highest BCUT2D eigenvalue weighted by atomic mass is 16.5. The molecule has 6 heteroatoms. The molecular weight excluding hydrogens is 222 g/mol. The van der Waals surface area contributed by atoms with Crippen molar-refractivity contribution in [3.8, 4) is 0 Å². The molecule has 1 aliphatic rings. The smallest absolute Gasteiger partial charge is 0.239 e. The van der Waals surface area contributed by atoms with Crippen LogP contribution >= 0.6 is 0 Å². The van der Waals surface area contributed by atoms with Crippen LogP contribution in [0.15, 0.2) is 0 Å². The van der Waals surface area contributed by atoms with Gasteiger partial charge in [-0.15, -0.1) is 0 Å². The molecule has 1 fully saturated rings. The van der Waals surface area contributed by atoms with Gasteiger partial charge in [-0.1, -0.05) is 0 Å². The second kappa shape index (κ2) is 6.56. The second-order valence-corrected chi connectivity index (χ2v) is 4.39. The molecule has 1 saturated heterocycles. The lowest BCUT2D eigenvalue weighted by Crippen LogP contribution is -2.48. The van der Waals surface area contributed by atoms with E-state index in [2.05, 4.69) is 0 Å². The first-order chi connectivity index (χ1) is 8.06. The minimum atomic E-state index is -0.514. The zero-order valence-corrected chi connectivity index (χ0v) is 10.2. The number of methoxy groups -OCH3 is 1. The van der Waals surface area contributed by atoms with Crippen LogP contribution < -0.4 is 11.5 Å². The molecular formula is C11H21N3O3. The molecule has 6 nitrogen and oxygen atoms in total. The summed E-state index contributed by atoms with van der Waals surface area (Å²) in [7, 11) is 1.58. The van der Waals surface area contributed by atoms with Gasteiger partial charge in [0.15, 0.2) is 0 Å². The summed E-state index contributed by atoms with van der Waals surface area (Å²) in [5.41, 5.74) is 11.0. The van der Waals surface area contributed by atoms with Gasteiger partial charge >= 0.3 is 0 Å². The van der Waals surface area contributed by atoms with Crippen molar-refractivity contribution in [2.45, 2.75) is 25.3 Å². The number of likely N-dealkylation sites (tertiary alicyclic amines) is 1. The lowest BCUT2D eigenvalue weighted by molar-refractivity contribution is -0.136. The molecule has 98 valence electrons. The third-order valence-corrected chi connectivity index (χ3v) is 3.16. The van der Waals surface area contributed by atoms with Crippen molar-refractivity contribution in [1.29, 1.82) is 0 Å². The predicted molar refractivity (Wildman–Crippen MR) is 63.0 cm³/mol. The number of primary amides is 1. The summed E-state index contributed by atoms with van der Waals surface area (Å²) in [6.45, 7) is 1.60. The molecule has 1 rings (SSSR count). The standard InChI is InChI=1S/C11H21N3O3/c1-17-7-4-9(12)11(16)14-5-2-8(3-6-14)10(13)15/h8-9H,2-7,12H2,1H3,(H2,13,15). The van der Waals surface area contributed by atoms with Crippen molar-refractivity contribution < 1.29 is 14.3 Å². The molecule has 1 atom stereocenters. The van der Waals surface area contributed by atoms with E-state index in [9.17, 15) is 9.59 Å². The fraction of sp³-hybridized carbons (Fsp3) is 0.818. The quantitative estimate of drug-likeness (QED) is 0.652. The van der Waals surface area contributed by atoms with E-state index in [0.29, 0.717) is 39.0 Å². The van der Waals surface area contributed by atoms with Crippen molar-refractivity contribution in [3.05, 3.63) is 0 Å². The fourth-order valence-corrected chi connectivity index (χ4v) is 1.99. The highest BCUT2D eigenvalue weighted by Crippen LogP contribution is 2.17. The molecule has 4 N–H and O–H groups in total. The number of nitrogens with two attached hydrogens (primary N) is 2. The van der Waals surface area contributed by atoms with Crippen LogP contribution in [-0.4, -0.2) is 49.6 Å². The lowest BCUT2D eigenvalue weighted by Gasteiger charge is -2.32. The topological polar surface area (TPSA) is 98.7 Å². The third-order valence-electron chi connectivity index (χ3n) is 3.16. The van der Waals surface area contributed by atoms with Gasteiger partial charge < -0.3 is 21.1 Å². The van der Waals surface area contributed by atoms with Crippen molar-refractivity contribution in [2.75, 3.05) is 26.8 Å². The number of rotatable bonds is 5. The molecule has 0 bridgehead atoms. The highest BCUT2D eigenvalue weighted by Gasteiger charge is 2.28. The molecule has 2 amide bonds. The summed E-state index contributed by atoms with van der Waals surface area (Å²) < 4.78 is 4.89. The number of piperidine rings is 1. The van der Waals surface area contributed by atoms with Gasteiger partial charge in [0.05, 0.1) is 6.04 Å². The maximum Gasteiger partial charge on any atom is 0.239 e. The molecule has 0 aromatic rings. The number of carbonyl (C=O) groups excluding carboxylic acids is 2. The Morgan fingerprint density at radius 2 is 2.00 bits per heavy atom. The first-order valence-corrected chi connectivity index (χ1v) is 5.89. The van der Waals surface area contributed by atoms with E-state index in [4.69, 9.17) is 16.2 Å². The summed E-state index contributed by atoms with van der Waals surface area (Å²) in [5.74, 6) is -0.444. The average Bonchev–Trinajstić information content (AvgIpc) is 2.35. The Morgan fingerprint density at radius 1 is 1.41 bits per heavy atom. The SMILES string of the molecule is COCCC(N)C(=O)N1CCC(C(N)=O)CC1. The Bertz CT molecular complexity index is 275. The van der Waals surface area contributed by atoms with Gasteiger partial charge in [0.25, 0.3) is 0 Å². The Hall–Kier alpha value is -1.14. The van der Waals surface area contributed by atoms with E-state index in [1.54, 1.807) is 12.0 Å². The predicted octanol–water partition coefficient (Wildman–Crippen LogP) is -0.926. The minimum Gasteiger partial charge on any atom is -0.385 e. The van der Waals surface area contributed by atoms with Gasteiger partial charge in [-0.05, 0) is 19.3 Å². The van der Waals surface area contributed by atoms with Crippen molar-refractivity contribution in [3.63, 3.8) is 0 Å². The second-order valence-electron chi connectivity index (χ2n) is 4.39. The molecule has 0 aliphatic carbocycles. The summed E-state index contributed by atoms with van der Waals surface area (Å²) in [5, 5.41) is 0. The zero-order chi connectivity index (χ0) is 12.8. The van der Waals surface area contributed by atoms with Crippen LogP contribution in [-0.2, 0) is 14.3 Å². The monoisotopic (exact) mass is 243 g/mol. The molecule has 0 radical (unpaired) electrons. The molecule has 0 spiro atoms. The van der Waals surface area contributed by atoms with Crippen LogP contribution in [0.4, 0.5) is 0 Å². The first-order valence-electron chi connectivity index (χ1n) is 5.89. The number of carbonyl (C=O) groups is 2. The highest BCUT2D eigenvalue weighted by molar-refractivity contribution is 5.82. The van der Waals surface area contributed by atoms with E-state index < -0.39 is 6.04 Å². The van der Waals surface area contributed by atoms with E-state index in [0.717, 1.165) is 0 Å². The molecule has 1 unspecified atom stereocenters. The Labute approximate surface area is 101 Å². The summed E-state index contributed by atoms with van der Waals surface area (Å²) in [6, 6.07) is -0.514. The van der Waals surface area contributed by atoms with E-state index in [-0.39, 0.29) is 17.7 Å². The Balaban J connectivity index is 2.37. The molecule has 0 aromatic heterocycles. The molecule has 0 aromatic carbocycles. The van der Waals surface area contributed by atoms with Crippen molar-refractivity contribution >= 4 is 11.8 Å². The number of ether oxygens (including phenoxy) is 1. The number of amides is 2. The van der Waals surface area contributed by atoms with E-state index >= 15 is 0 Å². The van der Waals surface area contributed by atoms with Crippen LogP contribution in [0, 0.1) is 5.92 Å². The molecule has 1 heterocycles. The van der Waals surface area contributed by atoms with Gasteiger partial charge in [0, 0.05) is 32.7 Å². The summed E-state index contributed by atoms with van der Waals surface area (Å²) in [4.78, 5) is 24.6. The first kappa shape index (κ1) is 13.9. The van der Waals surface area contributed by atoms with Gasteiger partial charge in [0.2, 0.25) is 11.8 Å². The molecule has 17 heavy (non-hydrogen) atoms. The van der Waals surface area contributed by atoms with Crippen LogP contribution in [0.5, 0.6) is 0 Å². The largest absolute Gasteiger partial charge is 0.385 e. The average molecular weight is 243 g/mol. The lowest BCUT2D eigenvalue weighted by atomic mass is 9.96. The van der Waals surface area contributed by atoms with Crippen molar-refractivity contribution in [2.24, 2.45) is 17.4 Å². The molecule has 0 saturated carbocycles. The van der Waals surface area contributed by atoms with Crippen LogP contribution in [0.1, 0.15) is 19.3 Å². The van der Waals surface area contributed by atoms with Gasteiger partial charge in [-0.3, -0.25) is 9.59 Å². The van der Waals surface area contributed by atoms with Gasteiger partial charge in [-0.25, -0.2) is 0 Å². The molecule has 1 aliphatic heterocycles. The summed E-state index contributed by atoms with van der Waals surface area (Å²) >= 11 is 0. The van der Waals surface area contributed by atoms with E-state index in [1.165, 1.54) is 0 Å². The minimum absolute atomic E-state index is 0.0648. The van der Waals surface area contributed by atoms with Gasteiger partial charge in [0.1, 0.15) is 0 Å². The Morgan fingerprint density at radius 3 is 2.47 bits per heavy atom. The Kier molecular flexibility index (Phi) is 5.37. The number of hydrogen-bond acceptors (Lipinski definition) is 4. The normalized spacial score (nSPS) is 19.1. The van der Waals surface area contributed by atoms with Crippen LogP contribution in [0.3, 0.4) is 0 Å². The summed E-state index contributed by atoms with van der Waals surface area (Å²) in [6.07, 6.45) is 1.79.